The van der Waals surface area contributed by atoms with Crippen LogP contribution in [0.25, 0.3) is 11.1 Å². The van der Waals surface area contributed by atoms with Crippen LogP contribution in [0.1, 0.15) is 16.2 Å². The quantitative estimate of drug-likeness (QED) is 0.744. The van der Waals surface area contributed by atoms with Crippen LogP contribution in [0.3, 0.4) is 0 Å². The number of hydrogen-bond acceptors (Lipinski definition) is 3. The molecule has 21 heavy (non-hydrogen) atoms. The molecule has 6 heteroatoms. The van der Waals surface area contributed by atoms with Gasteiger partial charge in [-0.25, -0.2) is 4.98 Å². The van der Waals surface area contributed by atoms with E-state index in [0.29, 0.717) is 38.3 Å². The number of carbonyl (C=O) groups excluding carboxylic acids is 1. The number of carbonyl (C=O) groups is 1. The summed E-state index contributed by atoms with van der Waals surface area (Å²) in [6.07, 6.45) is 0. The van der Waals surface area contributed by atoms with Crippen molar-refractivity contribution < 1.29 is 9.21 Å². The van der Waals surface area contributed by atoms with Crippen LogP contribution >= 0.6 is 23.2 Å². The molecule has 0 radical (unpaired) electrons. The highest BCUT2D eigenvalue weighted by Crippen LogP contribution is 2.23. The van der Waals surface area contributed by atoms with Gasteiger partial charge in [0.15, 0.2) is 11.5 Å². The first-order valence-corrected chi connectivity index (χ1v) is 6.92. The molecule has 1 aromatic heterocycles. The molecule has 0 atom stereocenters. The van der Waals surface area contributed by atoms with Crippen molar-refractivity contribution in [2.45, 2.75) is 6.92 Å². The average Bonchev–Trinajstić information content (AvgIpc) is 2.77. The summed E-state index contributed by atoms with van der Waals surface area (Å²) in [5.41, 5.74) is 2.34. The highest BCUT2D eigenvalue weighted by Gasteiger charge is 2.12. The van der Waals surface area contributed by atoms with E-state index in [1.165, 1.54) is 6.07 Å². The lowest BCUT2D eigenvalue weighted by Gasteiger charge is -2.06. The minimum absolute atomic E-state index is 0.304. The van der Waals surface area contributed by atoms with Gasteiger partial charge in [-0.3, -0.25) is 4.79 Å². The van der Waals surface area contributed by atoms with E-state index >= 15 is 0 Å². The molecule has 0 bridgehead atoms. The normalized spacial score (nSPS) is 10.8. The molecule has 0 saturated carbocycles. The predicted molar refractivity (Wildman–Crippen MR) is 83.2 cm³/mol. The van der Waals surface area contributed by atoms with Gasteiger partial charge in [-0.2, -0.15) is 0 Å². The maximum atomic E-state index is 12.2. The Morgan fingerprint density at radius 2 is 2.00 bits per heavy atom. The highest BCUT2D eigenvalue weighted by atomic mass is 35.5. The molecule has 1 amide bonds. The summed E-state index contributed by atoms with van der Waals surface area (Å²) in [5.74, 6) is 0.269. The van der Waals surface area contributed by atoms with Crippen molar-refractivity contribution in [2.75, 3.05) is 5.32 Å². The third kappa shape index (κ3) is 2.86. The first-order valence-electron chi connectivity index (χ1n) is 6.16. The summed E-state index contributed by atoms with van der Waals surface area (Å²) in [6.45, 7) is 1.77. The summed E-state index contributed by atoms with van der Waals surface area (Å²) in [7, 11) is 0. The number of halogens is 2. The first-order chi connectivity index (χ1) is 10.0. The van der Waals surface area contributed by atoms with Gasteiger partial charge in [0.05, 0.1) is 10.6 Å². The number of aryl methyl sites for hydroxylation is 1. The monoisotopic (exact) mass is 320 g/mol. The third-order valence-corrected chi connectivity index (χ3v) is 3.48. The minimum Gasteiger partial charge on any atom is -0.441 e. The molecule has 0 aliphatic rings. The molecule has 0 unspecified atom stereocenters. The topological polar surface area (TPSA) is 55.1 Å². The molecule has 4 nitrogen and oxygen atoms in total. The van der Waals surface area contributed by atoms with Gasteiger partial charge in [0.2, 0.25) is 0 Å². The second-order valence-electron chi connectivity index (χ2n) is 4.49. The second kappa shape index (κ2) is 5.39. The van der Waals surface area contributed by atoms with Gasteiger partial charge >= 0.3 is 0 Å². The molecule has 3 rings (SSSR count). The molecule has 0 aliphatic carbocycles. The van der Waals surface area contributed by atoms with E-state index in [0.717, 1.165) is 0 Å². The summed E-state index contributed by atoms with van der Waals surface area (Å²) in [6, 6.07) is 9.98. The van der Waals surface area contributed by atoms with Crippen molar-refractivity contribution in [3.63, 3.8) is 0 Å². The van der Waals surface area contributed by atoms with Gasteiger partial charge in [-0.05, 0) is 36.4 Å². The molecule has 0 aliphatic heterocycles. The lowest BCUT2D eigenvalue weighted by atomic mass is 10.2. The zero-order valence-electron chi connectivity index (χ0n) is 11.0. The average molecular weight is 321 g/mol. The Kier molecular flexibility index (Phi) is 3.57. The van der Waals surface area contributed by atoms with Crippen molar-refractivity contribution in [3.8, 4) is 0 Å². The zero-order valence-corrected chi connectivity index (χ0v) is 12.5. The minimum atomic E-state index is -0.309. The molecule has 106 valence electrons. The van der Waals surface area contributed by atoms with Gasteiger partial charge < -0.3 is 9.73 Å². The van der Waals surface area contributed by atoms with Crippen molar-refractivity contribution in [3.05, 3.63) is 57.9 Å². The Hall–Kier alpha value is -2.04. The number of anilines is 1. The molecule has 2 aromatic carbocycles. The maximum absolute atomic E-state index is 12.2. The number of benzene rings is 2. The van der Waals surface area contributed by atoms with E-state index < -0.39 is 0 Å². The highest BCUT2D eigenvalue weighted by molar-refractivity contribution is 6.37. The fourth-order valence-electron chi connectivity index (χ4n) is 1.99. The van der Waals surface area contributed by atoms with Crippen molar-refractivity contribution in [2.24, 2.45) is 0 Å². The number of rotatable bonds is 2. The van der Waals surface area contributed by atoms with Crippen LogP contribution in [-0.2, 0) is 0 Å². The lowest BCUT2D eigenvalue weighted by molar-refractivity contribution is 0.102. The molecule has 0 spiro atoms. The smallest absolute Gasteiger partial charge is 0.257 e. The Bertz CT molecular complexity index is 843. The molecular formula is C15H10Cl2N2O2. The number of nitrogens with one attached hydrogen (secondary N) is 1. The molecule has 3 aromatic rings. The van der Waals surface area contributed by atoms with E-state index in [-0.39, 0.29) is 5.91 Å². The number of amides is 1. The Morgan fingerprint density at radius 1 is 1.19 bits per heavy atom. The van der Waals surface area contributed by atoms with Crippen molar-refractivity contribution >= 4 is 45.9 Å². The maximum Gasteiger partial charge on any atom is 0.257 e. The van der Waals surface area contributed by atoms with Crippen molar-refractivity contribution in [1.29, 1.82) is 0 Å². The van der Waals surface area contributed by atoms with Crippen LogP contribution in [0.5, 0.6) is 0 Å². The van der Waals surface area contributed by atoms with Gasteiger partial charge in [-0.15, -0.1) is 0 Å². The number of aromatic nitrogens is 1. The molecule has 0 fully saturated rings. The predicted octanol–water partition coefficient (Wildman–Crippen LogP) is 4.70. The van der Waals surface area contributed by atoms with E-state index in [1.807, 2.05) is 0 Å². The second-order valence-corrected chi connectivity index (χ2v) is 5.34. The lowest BCUT2D eigenvalue weighted by Crippen LogP contribution is -2.12. The fraction of sp³-hybridized carbons (Fsp3) is 0.0667. The number of nitrogens with zero attached hydrogens (tertiary/aromatic N) is 1. The van der Waals surface area contributed by atoms with Crippen LogP contribution in [0.15, 0.2) is 40.8 Å². The number of hydrogen-bond donors (Lipinski definition) is 1. The van der Waals surface area contributed by atoms with Gasteiger partial charge in [0, 0.05) is 17.6 Å². The number of oxazole rings is 1. The number of fused-ring (bicyclic) bond motifs is 1. The first kappa shape index (κ1) is 13.9. The zero-order chi connectivity index (χ0) is 15.0. The van der Waals surface area contributed by atoms with E-state index in [4.69, 9.17) is 27.6 Å². The summed E-state index contributed by atoms with van der Waals surface area (Å²) in [5, 5.41) is 3.56. The van der Waals surface area contributed by atoms with Crippen LogP contribution < -0.4 is 5.32 Å². The fourth-order valence-corrected chi connectivity index (χ4v) is 2.49. The molecule has 0 saturated heterocycles. The third-order valence-electron chi connectivity index (χ3n) is 2.93. The molecular weight excluding hydrogens is 311 g/mol. The van der Waals surface area contributed by atoms with Crippen LogP contribution in [0, 0.1) is 6.92 Å². The standard InChI is InChI=1S/C15H10Cl2N2O2/c1-8-18-13-7-10(3-5-14(13)21-8)19-15(20)11-4-2-9(16)6-12(11)17/h2-7H,1H3,(H,19,20). The van der Waals surface area contributed by atoms with Crippen molar-refractivity contribution in [1.82, 2.24) is 4.98 Å². The summed E-state index contributed by atoms with van der Waals surface area (Å²) < 4.78 is 5.39. The van der Waals surface area contributed by atoms with Gasteiger partial charge in [0.25, 0.3) is 5.91 Å². The Labute approximate surface area is 130 Å². The van der Waals surface area contributed by atoms with E-state index in [2.05, 4.69) is 10.3 Å². The summed E-state index contributed by atoms with van der Waals surface area (Å²) in [4.78, 5) is 16.4. The SMILES string of the molecule is Cc1nc2cc(NC(=O)c3ccc(Cl)cc3Cl)ccc2o1. The van der Waals surface area contributed by atoms with Gasteiger partial charge in [0.1, 0.15) is 5.52 Å². The van der Waals surface area contributed by atoms with Crippen LogP contribution in [0.4, 0.5) is 5.69 Å². The molecule has 1 N–H and O–H groups in total. The Morgan fingerprint density at radius 3 is 2.76 bits per heavy atom. The largest absolute Gasteiger partial charge is 0.441 e. The van der Waals surface area contributed by atoms with Crippen LogP contribution in [0.2, 0.25) is 10.0 Å². The molecule has 1 heterocycles. The van der Waals surface area contributed by atoms with E-state index in [9.17, 15) is 4.79 Å². The van der Waals surface area contributed by atoms with Crippen LogP contribution in [-0.4, -0.2) is 10.9 Å². The summed E-state index contributed by atoms with van der Waals surface area (Å²) >= 11 is 11.8. The Balaban J connectivity index is 1.88. The van der Waals surface area contributed by atoms with E-state index in [1.54, 1.807) is 37.3 Å². The van der Waals surface area contributed by atoms with Gasteiger partial charge in [-0.1, -0.05) is 23.2 Å².